The van der Waals surface area contributed by atoms with Gasteiger partial charge in [0.25, 0.3) is 0 Å². The largest absolute Gasteiger partial charge is 0.392 e. The molecule has 0 bridgehead atoms. The van der Waals surface area contributed by atoms with Gasteiger partial charge in [-0.15, -0.1) is 11.3 Å². The number of nitrogens with one attached hydrogen (secondary N) is 1. The van der Waals surface area contributed by atoms with Crippen molar-refractivity contribution in [1.29, 1.82) is 0 Å². The first-order valence-corrected chi connectivity index (χ1v) is 5.94. The highest BCUT2D eigenvalue weighted by atomic mass is 35.5. The summed E-state index contributed by atoms with van der Waals surface area (Å²) in [4.78, 5) is 1.28. The summed E-state index contributed by atoms with van der Waals surface area (Å²) in [5.74, 6) is 0. The van der Waals surface area contributed by atoms with Gasteiger partial charge in [0.2, 0.25) is 0 Å². The minimum absolute atomic E-state index is 0.144. The van der Waals surface area contributed by atoms with E-state index in [1.54, 1.807) is 18.3 Å². The second-order valence-corrected chi connectivity index (χ2v) is 5.24. The molecule has 80 valence electrons. The van der Waals surface area contributed by atoms with Crippen LogP contribution < -0.4 is 5.32 Å². The maximum absolute atomic E-state index is 9.24. The van der Waals surface area contributed by atoms with Crippen molar-refractivity contribution in [2.24, 2.45) is 0 Å². The van der Waals surface area contributed by atoms with Crippen LogP contribution in [-0.4, -0.2) is 23.8 Å². The zero-order valence-corrected chi connectivity index (χ0v) is 10.0. The van der Waals surface area contributed by atoms with Gasteiger partial charge in [0.1, 0.15) is 0 Å². The molecule has 0 fully saturated rings. The Labute approximate surface area is 93.9 Å². The Morgan fingerprint density at radius 1 is 1.50 bits per heavy atom. The number of aliphatic hydroxyl groups excluding tert-OH is 1. The predicted molar refractivity (Wildman–Crippen MR) is 62.2 cm³/mol. The smallest absolute Gasteiger partial charge is 0.0931 e. The van der Waals surface area contributed by atoms with Gasteiger partial charge in [-0.05, 0) is 32.4 Å². The van der Waals surface area contributed by atoms with E-state index in [0.717, 1.165) is 17.3 Å². The van der Waals surface area contributed by atoms with Gasteiger partial charge in [0.05, 0.1) is 10.4 Å². The summed E-state index contributed by atoms with van der Waals surface area (Å²) in [6.07, 6.45) is 0.663. The van der Waals surface area contributed by atoms with E-state index in [1.165, 1.54) is 4.88 Å². The quantitative estimate of drug-likeness (QED) is 0.818. The van der Waals surface area contributed by atoms with Crippen LogP contribution in [0.25, 0.3) is 0 Å². The highest BCUT2D eigenvalue weighted by Crippen LogP contribution is 2.21. The summed E-state index contributed by atoms with van der Waals surface area (Å²) in [5.41, 5.74) is 0. The molecular weight excluding hydrogens is 218 g/mol. The number of hydrogen-bond acceptors (Lipinski definition) is 3. The number of halogens is 1. The third-order valence-electron chi connectivity index (χ3n) is 2.19. The Kier molecular flexibility index (Phi) is 4.89. The van der Waals surface area contributed by atoms with E-state index in [0.29, 0.717) is 0 Å². The minimum Gasteiger partial charge on any atom is -0.392 e. The Morgan fingerprint density at radius 3 is 2.71 bits per heavy atom. The summed E-state index contributed by atoms with van der Waals surface area (Å²) in [5, 5.41) is 12.5. The first kappa shape index (κ1) is 12.0. The van der Waals surface area contributed by atoms with Crippen LogP contribution in [0.2, 0.25) is 4.34 Å². The highest BCUT2D eigenvalue weighted by Gasteiger charge is 2.07. The van der Waals surface area contributed by atoms with E-state index in [9.17, 15) is 5.11 Å². The summed E-state index contributed by atoms with van der Waals surface area (Å²) < 4.78 is 0.837. The first-order valence-electron chi connectivity index (χ1n) is 4.75. The van der Waals surface area contributed by atoms with Crippen molar-refractivity contribution in [3.8, 4) is 0 Å². The Hall–Kier alpha value is -0.0900. The molecule has 0 amide bonds. The molecule has 1 heterocycles. The Balaban J connectivity index is 2.22. The SMILES string of the molecule is CC(O)C(C)NCCc1ccc(Cl)s1. The number of rotatable bonds is 5. The van der Waals surface area contributed by atoms with Crippen molar-refractivity contribution < 1.29 is 5.11 Å². The van der Waals surface area contributed by atoms with Crippen LogP contribution in [0, 0.1) is 0 Å². The molecule has 4 heteroatoms. The molecule has 2 N–H and O–H groups in total. The summed E-state index contributed by atoms with van der Waals surface area (Å²) >= 11 is 7.42. The fraction of sp³-hybridized carbons (Fsp3) is 0.600. The van der Waals surface area contributed by atoms with Crippen LogP contribution in [0.4, 0.5) is 0 Å². The molecule has 2 nitrogen and oxygen atoms in total. The summed E-state index contributed by atoms with van der Waals surface area (Å²) in [6.45, 7) is 4.65. The topological polar surface area (TPSA) is 32.3 Å². The van der Waals surface area contributed by atoms with Crippen molar-refractivity contribution in [2.45, 2.75) is 32.4 Å². The van der Waals surface area contributed by atoms with Crippen molar-refractivity contribution >= 4 is 22.9 Å². The third-order valence-corrected chi connectivity index (χ3v) is 3.48. The molecule has 1 aromatic rings. The van der Waals surface area contributed by atoms with E-state index >= 15 is 0 Å². The van der Waals surface area contributed by atoms with Crippen LogP contribution in [0.1, 0.15) is 18.7 Å². The Morgan fingerprint density at radius 2 is 2.21 bits per heavy atom. The minimum atomic E-state index is -0.304. The highest BCUT2D eigenvalue weighted by molar-refractivity contribution is 7.16. The molecule has 0 saturated carbocycles. The number of hydrogen-bond donors (Lipinski definition) is 2. The van der Waals surface area contributed by atoms with E-state index in [2.05, 4.69) is 5.32 Å². The van der Waals surface area contributed by atoms with E-state index in [-0.39, 0.29) is 12.1 Å². The van der Waals surface area contributed by atoms with Gasteiger partial charge in [-0.1, -0.05) is 11.6 Å². The second-order valence-electron chi connectivity index (χ2n) is 3.44. The molecule has 14 heavy (non-hydrogen) atoms. The molecular formula is C10H16ClNOS. The van der Waals surface area contributed by atoms with Gasteiger partial charge in [-0.3, -0.25) is 0 Å². The average Bonchev–Trinajstić information content (AvgIpc) is 2.51. The van der Waals surface area contributed by atoms with Crippen LogP contribution >= 0.6 is 22.9 Å². The zero-order valence-electron chi connectivity index (χ0n) is 8.46. The molecule has 0 aromatic carbocycles. The second kappa shape index (κ2) is 5.71. The van der Waals surface area contributed by atoms with Crippen LogP contribution in [0.15, 0.2) is 12.1 Å². The zero-order chi connectivity index (χ0) is 10.6. The maximum Gasteiger partial charge on any atom is 0.0931 e. The molecule has 0 aliphatic carbocycles. The lowest BCUT2D eigenvalue weighted by Crippen LogP contribution is -2.36. The third kappa shape index (κ3) is 3.96. The van der Waals surface area contributed by atoms with Crippen molar-refractivity contribution in [2.75, 3.05) is 6.54 Å². The molecule has 0 saturated heterocycles. The lowest BCUT2D eigenvalue weighted by Gasteiger charge is -2.15. The molecule has 0 spiro atoms. The molecule has 2 unspecified atom stereocenters. The number of aliphatic hydroxyl groups is 1. The fourth-order valence-corrected chi connectivity index (χ4v) is 2.17. The molecule has 0 radical (unpaired) electrons. The summed E-state index contributed by atoms with van der Waals surface area (Å²) in [7, 11) is 0. The van der Waals surface area contributed by atoms with Gasteiger partial charge in [0.15, 0.2) is 0 Å². The normalized spacial score (nSPS) is 15.4. The van der Waals surface area contributed by atoms with Gasteiger partial charge in [-0.25, -0.2) is 0 Å². The van der Waals surface area contributed by atoms with Crippen LogP contribution in [0.3, 0.4) is 0 Å². The average molecular weight is 234 g/mol. The first-order chi connectivity index (χ1) is 6.59. The fourth-order valence-electron chi connectivity index (χ4n) is 1.08. The Bertz CT molecular complexity index is 275. The maximum atomic E-state index is 9.24. The van der Waals surface area contributed by atoms with E-state index in [1.807, 2.05) is 19.1 Å². The predicted octanol–water partition coefficient (Wildman–Crippen LogP) is 2.30. The number of thiophene rings is 1. The van der Waals surface area contributed by atoms with Gasteiger partial charge >= 0.3 is 0 Å². The monoisotopic (exact) mass is 233 g/mol. The van der Waals surface area contributed by atoms with Crippen molar-refractivity contribution in [3.63, 3.8) is 0 Å². The lowest BCUT2D eigenvalue weighted by atomic mass is 10.2. The van der Waals surface area contributed by atoms with E-state index in [4.69, 9.17) is 11.6 Å². The molecule has 0 aliphatic rings. The lowest BCUT2D eigenvalue weighted by molar-refractivity contribution is 0.153. The molecule has 1 aromatic heterocycles. The van der Waals surface area contributed by atoms with Gasteiger partial charge in [0, 0.05) is 17.5 Å². The van der Waals surface area contributed by atoms with Crippen LogP contribution in [-0.2, 0) is 6.42 Å². The van der Waals surface area contributed by atoms with Gasteiger partial charge < -0.3 is 10.4 Å². The van der Waals surface area contributed by atoms with Crippen molar-refractivity contribution in [1.82, 2.24) is 5.32 Å². The standard InChI is InChI=1S/C10H16ClNOS/c1-7(8(2)13)12-6-5-9-3-4-10(11)14-9/h3-4,7-8,12-13H,5-6H2,1-2H3. The molecule has 1 rings (SSSR count). The molecule has 2 atom stereocenters. The molecule has 0 aliphatic heterocycles. The van der Waals surface area contributed by atoms with E-state index < -0.39 is 0 Å². The summed E-state index contributed by atoms with van der Waals surface area (Å²) in [6, 6.07) is 4.10. The van der Waals surface area contributed by atoms with Crippen molar-refractivity contribution in [3.05, 3.63) is 21.3 Å². The van der Waals surface area contributed by atoms with Crippen LogP contribution in [0.5, 0.6) is 0 Å². The van der Waals surface area contributed by atoms with Gasteiger partial charge in [-0.2, -0.15) is 0 Å².